The second kappa shape index (κ2) is 9.35. The van der Waals surface area contributed by atoms with E-state index in [-0.39, 0.29) is 11.9 Å². The molecule has 1 fully saturated rings. The van der Waals surface area contributed by atoms with Crippen molar-refractivity contribution in [2.24, 2.45) is 0 Å². The summed E-state index contributed by atoms with van der Waals surface area (Å²) in [4.78, 5) is 14.7. The zero-order chi connectivity index (χ0) is 14.1. The Kier molecular flexibility index (Phi) is 8.11. The summed E-state index contributed by atoms with van der Waals surface area (Å²) >= 11 is 0. The quantitative estimate of drug-likeness (QED) is 0.685. The number of nitrogens with zero attached hydrogens (tertiary/aromatic N) is 1. The van der Waals surface area contributed by atoms with E-state index in [1.54, 1.807) is 0 Å². The highest BCUT2D eigenvalue weighted by Crippen LogP contribution is 2.17. The summed E-state index contributed by atoms with van der Waals surface area (Å²) in [6, 6.07) is 0.451. The van der Waals surface area contributed by atoms with Crippen LogP contribution < -0.4 is 5.32 Å². The number of unbranched alkanes of at least 4 members (excludes halogenated alkanes) is 2. The number of amides is 1. The third-order valence-electron chi connectivity index (χ3n) is 4.06. The molecule has 1 N–H and O–H groups in total. The van der Waals surface area contributed by atoms with Crippen LogP contribution in [0.5, 0.6) is 0 Å². The van der Waals surface area contributed by atoms with E-state index in [0.29, 0.717) is 6.04 Å². The molecule has 2 unspecified atom stereocenters. The minimum atomic E-state index is 0.127. The Morgan fingerprint density at radius 2 is 2.05 bits per heavy atom. The summed E-state index contributed by atoms with van der Waals surface area (Å²) < 4.78 is 0. The maximum Gasteiger partial charge on any atom is 0.237 e. The lowest BCUT2D eigenvalue weighted by molar-refractivity contribution is -0.128. The molecule has 0 bridgehead atoms. The summed E-state index contributed by atoms with van der Waals surface area (Å²) in [7, 11) is 0. The first-order valence-electron chi connectivity index (χ1n) is 8.23. The van der Waals surface area contributed by atoms with E-state index in [0.717, 1.165) is 32.4 Å². The molecule has 112 valence electrons. The van der Waals surface area contributed by atoms with Gasteiger partial charge in [-0.15, -0.1) is 0 Å². The van der Waals surface area contributed by atoms with Crippen LogP contribution in [0, 0.1) is 0 Å². The van der Waals surface area contributed by atoms with Gasteiger partial charge in [0.1, 0.15) is 0 Å². The number of rotatable bonds is 8. The van der Waals surface area contributed by atoms with E-state index < -0.39 is 0 Å². The topological polar surface area (TPSA) is 32.3 Å². The van der Waals surface area contributed by atoms with Gasteiger partial charge in [0.15, 0.2) is 0 Å². The standard InChI is InChI=1S/C16H32N2O/c1-4-6-7-10-14(3)17-16(19)15-11-8-9-13-18(15)12-5-2/h14-15H,4-13H2,1-3H3,(H,17,19). The largest absolute Gasteiger partial charge is 0.352 e. The van der Waals surface area contributed by atoms with Gasteiger partial charge in [0.2, 0.25) is 5.91 Å². The average molecular weight is 268 g/mol. The molecule has 2 atom stereocenters. The van der Waals surface area contributed by atoms with E-state index in [9.17, 15) is 4.79 Å². The number of hydrogen-bond donors (Lipinski definition) is 1. The molecule has 3 heteroatoms. The van der Waals surface area contributed by atoms with Gasteiger partial charge in [-0.1, -0.05) is 39.5 Å². The monoisotopic (exact) mass is 268 g/mol. The second-order valence-corrected chi connectivity index (χ2v) is 5.95. The Hall–Kier alpha value is -0.570. The Morgan fingerprint density at radius 3 is 2.74 bits per heavy atom. The molecular weight excluding hydrogens is 236 g/mol. The van der Waals surface area contributed by atoms with Gasteiger partial charge in [-0.25, -0.2) is 0 Å². The summed E-state index contributed by atoms with van der Waals surface area (Å²) in [6.45, 7) is 8.70. The number of carbonyl (C=O) groups is 1. The van der Waals surface area contributed by atoms with Crippen LogP contribution in [0.4, 0.5) is 0 Å². The highest BCUT2D eigenvalue weighted by Gasteiger charge is 2.28. The molecule has 0 aliphatic carbocycles. The summed E-state index contributed by atoms with van der Waals surface area (Å²) in [6.07, 6.45) is 9.46. The smallest absolute Gasteiger partial charge is 0.237 e. The molecule has 19 heavy (non-hydrogen) atoms. The van der Waals surface area contributed by atoms with E-state index >= 15 is 0 Å². The molecule has 0 spiro atoms. The number of carbonyl (C=O) groups excluding carboxylic acids is 1. The lowest BCUT2D eigenvalue weighted by Gasteiger charge is -2.35. The van der Waals surface area contributed by atoms with Crippen molar-refractivity contribution in [1.29, 1.82) is 0 Å². The van der Waals surface area contributed by atoms with Gasteiger partial charge in [0.05, 0.1) is 6.04 Å². The van der Waals surface area contributed by atoms with E-state index in [4.69, 9.17) is 0 Å². The van der Waals surface area contributed by atoms with Crippen molar-refractivity contribution in [2.75, 3.05) is 13.1 Å². The van der Waals surface area contributed by atoms with Gasteiger partial charge in [0.25, 0.3) is 0 Å². The Balaban J connectivity index is 2.37. The number of hydrogen-bond acceptors (Lipinski definition) is 2. The minimum Gasteiger partial charge on any atom is -0.352 e. The molecule has 1 saturated heterocycles. The number of likely N-dealkylation sites (tertiary alicyclic amines) is 1. The third-order valence-corrected chi connectivity index (χ3v) is 4.06. The average Bonchev–Trinajstić information content (AvgIpc) is 2.40. The van der Waals surface area contributed by atoms with E-state index in [1.807, 2.05) is 0 Å². The zero-order valence-electron chi connectivity index (χ0n) is 13.1. The van der Waals surface area contributed by atoms with Gasteiger partial charge in [-0.3, -0.25) is 9.69 Å². The van der Waals surface area contributed by atoms with Gasteiger partial charge < -0.3 is 5.32 Å². The first-order valence-corrected chi connectivity index (χ1v) is 8.23. The lowest BCUT2D eigenvalue weighted by Crippen LogP contribution is -2.51. The predicted molar refractivity (Wildman–Crippen MR) is 81.2 cm³/mol. The van der Waals surface area contributed by atoms with Crippen LogP contribution in [0.3, 0.4) is 0 Å². The first-order chi connectivity index (χ1) is 9.19. The van der Waals surface area contributed by atoms with Crippen LogP contribution in [0.25, 0.3) is 0 Å². The van der Waals surface area contributed by atoms with Gasteiger partial charge in [-0.2, -0.15) is 0 Å². The summed E-state index contributed by atoms with van der Waals surface area (Å²) in [5.74, 6) is 0.261. The van der Waals surface area contributed by atoms with Crippen LogP contribution in [-0.2, 0) is 4.79 Å². The van der Waals surface area contributed by atoms with Gasteiger partial charge >= 0.3 is 0 Å². The third kappa shape index (κ3) is 5.94. The van der Waals surface area contributed by atoms with Crippen LogP contribution in [0.1, 0.15) is 72.1 Å². The van der Waals surface area contributed by atoms with Crippen molar-refractivity contribution >= 4 is 5.91 Å². The highest BCUT2D eigenvalue weighted by molar-refractivity contribution is 5.82. The molecule has 0 aromatic rings. The molecule has 0 radical (unpaired) electrons. The van der Waals surface area contributed by atoms with Crippen LogP contribution in [0.15, 0.2) is 0 Å². The molecule has 1 aliphatic heterocycles. The molecule has 0 aromatic carbocycles. The van der Waals surface area contributed by atoms with Crippen LogP contribution in [0.2, 0.25) is 0 Å². The van der Waals surface area contributed by atoms with Crippen LogP contribution >= 0.6 is 0 Å². The first kappa shape index (κ1) is 16.5. The predicted octanol–water partition coefficient (Wildman–Crippen LogP) is 3.34. The summed E-state index contributed by atoms with van der Waals surface area (Å²) in [5.41, 5.74) is 0. The molecule has 3 nitrogen and oxygen atoms in total. The molecule has 1 heterocycles. The fourth-order valence-corrected chi connectivity index (χ4v) is 2.95. The second-order valence-electron chi connectivity index (χ2n) is 5.95. The lowest BCUT2D eigenvalue weighted by atomic mass is 10.0. The Morgan fingerprint density at radius 1 is 1.26 bits per heavy atom. The molecule has 0 saturated carbocycles. The minimum absolute atomic E-state index is 0.127. The number of piperidine rings is 1. The van der Waals surface area contributed by atoms with Crippen molar-refractivity contribution < 1.29 is 4.79 Å². The molecule has 1 rings (SSSR count). The zero-order valence-corrected chi connectivity index (χ0v) is 13.1. The summed E-state index contributed by atoms with van der Waals surface area (Å²) in [5, 5.41) is 3.22. The fraction of sp³-hybridized carbons (Fsp3) is 0.938. The molecular formula is C16H32N2O. The Labute approximate surface area is 119 Å². The fourth-order valence-electron chi connectivity index (χ4n) is 2.95. The highest BCUT2D eigenvalue weighted by atomic mass is 16.2. The van der Waals surface area contributed by atoms with Crippen molar-refractivity contribution in [1.82, 2.24) is 10.2 Å². The van der Waals surface area contributed by atoms with Crippen molar-refractivity contribution in [3.63, 3.8) is 0 Å². The maximum absolute atomic E-state index is 12.4. The normalized spacial score (nSPS) is 22.2. The van der Waals surface area contributed by atoms with Crippen molar-refractivity contribution in [2.45, 2.75) is 84.2 Å². The molecule has 1 aliphatic rings. The van der Waals surface area contributed by atoms with Crippen molar-refractivity contribution in [3.05, 3.63) is 0 Å². The van der Waals surface area contributed by atoms with Gasteiger partial charge in [-0.05, 0) is 45.7 Å². The van der Waals surface area contributed by atoms with Crippen LogP contribution in [-0.4, -0.2) is 36.0 Å². The maximum atomic E-state index is 12.4. The van der Waals surface area contributed by atoms with Gasteiger partial charge in [0, 0.05) is 6.04 Å². The van der Waals surface area contributed by atoms with E-state index in [2.05, 4.69) is 31.0 Å². The molecule has 0 aromatic heterocycles. The SMILES string of the molecule is CCCCCC(C)NC(=O)C1CCCCN1CCC. The Bertz CT molecular complexity index is 253. The van der Waals surface area contributed by atoms with Crippen molar-refractivity contribution in [3.8, 4) is 0 Å². The molecule has 1 amide bonds. The number of nitrogens with one attached hydrogen (secondary N) is 1. The van der Waals surface area contributed by atoms with E-state index in [1.165, 1.54) is 32.1 Å².